The second-order valence-corrected chi connectivity index (χ2v) is 5.52. The predicted molar refractivity (Wildman–Crippen MR) is 97.2 cm³/mol. The molecule has 0 radical (unpaired) electrons. The van der Waals surface area contributed by atoms with Crippen molar-refractivity contribution in [3.8, 4) is 34.0 Å². The molecule has 3 nitrogen and oxygen atoms in total. The first-order chi connectivity index (χ1) is 11.8. The number of oxazole rings is 1. The lowest BCUT2D eigenvalue weighted by molar-refractivity contribution is 0.589. The molecule has 2 N–H and O–H groups in total. The lowest BCUT2D eigenvalue weighted by atomic mass is 10.1. The topological polar surface area (TPSA) is 52.0 Å². The molecule has 4 aromatic rings. The molecule has 3 heteroatoms. The van der Waals surface area contributed by atoms with Gasteiger partial charge in [0.1, 0.15) is 5.69 Å². The summed E-state index contributed by atoms with van der Waals surface area (Å²) in [6, 6.07) is 27.6. The Labute approximate surface area is 140 Å². The highest BCUT2D eigenvalue weighted by Crippen LogP contribution is 2.37. The lowest BCUT2D eigenvalue weighted by Gasteiger charge is -2.01. The second-order valence-electron chi connectivity index (χ2n) is 5.52. The van der Waals surface area contributed by atoms with E-state index in [4.69, 9.17) is 15.1 Å². The summed E-state index contributed by atoms with van der Waals surface area (Å²) in [5.74, 6) is 1.28. The number of nitrogen functional groups attached to an aromatic ring is 1. The highest BCUT2D eigenvalue weighted by atomic mass is 16.4. The summed E-state index contributed by atoms with van der Waals surface area (Å²) in [5, 5.41) is 0. The van der Waals surface area contributed by atoms with Crippen molar-refractivity contribution in [3.05, 3.63) is 84.9 Å². The van der Waals surface area contributed by atoms with Crippen molar-refractivity contribution in [2.24, 2.45) is 0 Å². The maximum atomic E-state index is 6.13. The highest BCUT2D eigenvalue weighted by Gasteiger charge is 2.18. The van der Waals surface area contributed by atoms with Gasteiger partial charge in [-0.15, -0.1) is 0 Å². The van der Waals surface area contributed by atoms with Crippen LogP contribution in [-0.4, -0.2) is 4.98 Å². The number of nitrogens with zero attached hydrogens (tertiary/aromatic N) is 1. The first-order valence-electron chi connectivity index (χ1n) is 7.79. The Morgan fingerprint density at radius 2 is 1.25 bits per heavy atom. The third-order valence-electron chi connectivity index (χ3n) is 3.90. The number of hydrogen-bond acceptors (Lipinski definition) is 3. The van der Waals surface area contributed by atoms with Gasteiger partial charge in [-0.3, -0.25) is 0 Å². The number of hydrogen-bond donors (Lipinski definition) is 1. The van der Waals surface area contributed by atoms with E-state index < -0.39 is 0 Å². The van der Waals surface area contributed by atoms with Crippen LogP contribution < -0.4 is 5.73 Å². The number of benzene rings is 3. The maximum absolute atomic E-state index is 6.13. The van der Waals surface area contributed by atoms with Crippen LogP contribution in [0.5, 0.6) is 0 Å². The molecular formula is C21H16N2O. The van der Waals surface area contributed by atoms with E-state index in [-0.39, 0.29) is 0 Å². The van der Waals surface area contributed by atoms with Crippen LogP contribution in [0.15, 0.2) is 89.3 Å². The second kappa shape index (κ2) is 6.05. The highest BCUT2D eigenvalue weighted by molar-refractivity contribution is 5.81. The normalized spacial score (nSPS) is 10.7. The Bertz CT molecular complexity index is 903. The zero-order valence-electron chi connectivity index (χ0n) is 13.0. The van der Waals surface area contributed by atoms with Crippen LogP contribution in [-0.2, 0) is 0 Å². The molecule has 0 aliphatic carbocycles. The van der Waals surface area contributed by atoms with Crippen LogP contribution in [0.3, 0.4) is 0 Å². The van der Waals surface area contributed by atoms with Gasteiger partial charge in [-0.25, -0.2) is 4.98 Å². The Kier molecular flexibility index (Phi) is 3.60. The molecule has 0 unspecified atom stereocenters. The van der Waals surface area contributed by atoms with E-state index in [1.807, 2.05) is 84.9 Å². The molecule has 0 saturated heterocycles. The van der Waals surface area contributed by atoms with E-state index in [0.29, 0.717) is 11.6 Å². The summed E-state index contributed by atoms with van der Waals surface area (Å²) in [5.41, 5.74) is 10.4. The van der Waals surface area contributed by atoms with Crippen molar-refractivity contribution in [2.45, 2.75) is 0 Å². The smallest absolute Gasteiger partial charge is 0.229 e. The van der Waals surface area contributed by atoms with Crippen molar-refractivity contribution < 1.29 is 4.42 Å². The number of anilines is 1. The summed E-state index contributed by atoms with van der Waals surface area (Å²) >= 11 is 0. The third-order valence-corrected chi connectivity index (χ3v) is 3.90. The van der Waals surface area contributed by atoms with Gasteiger partial charge in [0.25, 0.3) is 0 Å². The van der Waals surface area contributed by atoms with E-state index in [2.05, 4.69) is 0 Å². The quantitative estimate of drug-likeness (QED) is 0.525. The average molecular weight is 312 g/mol. The molecule has 0 atom stereocenters. The molecule has 0 saturated carbocycles. The van der Waals surface area contributed by atoms with Gasteiger partial charge in [0.2, 0.25) is 5.89 Å². The third kappa shape index (κ3) is 2.57. The Hall–Kier alpha value is -3.33. The lowest BCUT2D eigenvalue weighted by Crippen LogP contribution is -1.89. The minimum Gasteiger partial charge on any atom is -0.435 e. The predicted octanol–water partition coefficient (Wildman–Crippen LogP) is 5.26. The van der Waals surface area contributed by atoms with Crippen LogP contribution in [0.2, 0.25) is 0 Å². The zero-order chi connectivity index (χ0) is 16.4. The molecule has 116 valence electrons. The molecule has 24 heavy (non-hydrogen) atoms. The molecule has 0 fully saturated rings. The van der Waals surface area contributed by atoms with E-state index in [0.717, 1.165) is 28.1 Å². The summed E-state index contributed by atoms with van der Waals surface area (Å²) in [4.78, 5) is 4.74. The van der Waals surface area contributed by atoms with Gasteiger partial charge >= 0.3 is 0 Å². The SMILES string of the molecule is Nc1ccccc1-c1nc(-c2ccccc2)c(-c2ccccc2)o1. The van der Waals surface area contributed by atoms with E-state index in [1.165, 1.54) is 0 Å². The van der Waals surface area contributed by atoms with Crippen LogP contribution in [0.25, 0.3) is 34.0 Å². The van der Waals surface area contributed by atoms with Crippen molar-refractivity contribution in [2.75, 3.05) is 5.73 Å². The van der Waals surface area contributed by atoms with Gasteiger partial charge < -0.3 is 10.2 Å². The molecule has 0 bridgehead atoms. The molecule has 0 spiro atoms. The number of rotatable bonds is 3. The Morgan fingerprint density at radius 1 is 0.667 bits per heavy atom. The fourth-order valence-electron chi connectivity index (χ4n) is 2.70. The van der Waals surface area contributed by atoms with E-state index in [1.54, 1.807) is 0 Å². The number of para-hydroxylation sites is 1. The van der Waals surface area contributed by atoms with Gasteiger partial charge in [0.15, 0.2) is 5.76 Å². The van der Waals surface area contributed by atoms with Gasteiger partial charge in [-0.1, -0.05) is 72.8 Å². The molecule has 0 aliphatic heterocycles. The fourth-order valence-corrected chi connectivity index (χ4v) is 2.70. The standard InChI is InChI=1S/C21H16N2O/c22-18-14-8-7-13-17(18)21-23-19(15-9-3-1-4-10-15)20(24-21)16-11-5-2-6-12-16/h1-14H,22H2. The largest absolute Gasteiger partial charge is 0.435 e. The summed E-state index contributed by atoms with van der Waals surface area (Å²) < 4.78 is 6.13. The molecule has 4 rings (SSSR count). The van der Waals surface area contributed by atoms with Gasteiger partial charge in [-0.05, 0) is 12.1 Å². The minimum absolute atomic E-state index is 0.533. The van der Waals surface area contributed by atoms with Crippen LogP contribution in [0.4, 0.5) is 5.69 Å². The summed E-state index contributed by atoms with van der Waals surface area (Å²) in [6.45, 7) is 0. The molecule has 3 aromatic carbocycles. The van der Waals surface area contributed by atoms with Gasteiger partial charge in [0.05, 0.1) is 5.56 Å². The summed E-state index contributed by atoms with van der Waals surface area (Å²) in [7, 11) is 0. The first kappa shape index (κ1) is 14.3. The Balaban J connectivity index is 1.94. The monoisotopic (exact) mass is 312 g/mol. The Morgan fingerprint density at radius 3 is 1.92 bits per heavy atom. The van der Waals surface area contributed by atoms with Crippen molar-refractivity contribution in [3.63, 3.8) is 0 Å². The van der Waals surface area contributed by atoms with Crippen LogP contribution >= 0.6 is 0 Å². The summed E-state index contributed by atoms with van der Waals surface area (Å²) in [6.07, 6.45) is 0. The minimum atomic E-state index is 0.533. The van der Waals surface area contributed by atoms with Gasteiger partial charge in [0, 0.05) is 16.8 Å². The zero-order valence-corrected chi connectivity index (χ0v) is 13.0. The van der Waals surface area contributed by atoms with Crippen molar-refractivity contribution >= 4 is 5.69 Å². The number of nitrogens with two attached hydrogens (primary N) is 1. The van der Waals surface area contributed by atoms with Crippen LogP contribution in [0.1, 0.15) is 0 Å². The average Bonchev–Trinajstić information content (AvgIpc) is 3.09. The molecule has 1 aromatic heterocycles. The van der Waals surface area contributed by atoms with E-state index in [9.17, 15) is 0 Å². The first-order valence-corrected chi connectivity index (χ1v) is 7.79. The number of aromatic nitrogens is 1. The fraction of sp³-hybridized carbons (Fsp3) is 0. The molecule has 0 amide bonds. The molecule has 1 heterocycles. The van der Waals surface area contributed by atoms with Crippen molar-refractivity contribution in [1.82, 2.24) is 4.98 Å². The van der Waals surface area contributed by atoms with Crippen molar-refractivity contribution in [1.29, 1.82) is 0 Å². The molecular weight excluding hydrogens is 296 g/mol. The van der Waals surface area contributed by atoms with Gasteiger partial charge in [-0.2, -0.15) is 0 Å². The molecule has 0 aliphatic rings. The van der Waals surface area contributed by atoms with Crippen LogP contribution in [0, 0.1) is 0 Å². The van der Waals surface area contributed by atoms with E-state index >= 15 is 0 Å². The maximum Gasteiger partial charge on any atom is 0.229 e.